The van der Waals surface area contributed by atoms with E-state index in [1.165, 1.54) is 16.2 Å². The zero-order valence-corrected chi connectivity index (χ0v) is 20.2. The number of aryl methyl sites for hydroxylation is 1. The first-order valence-corrected chi connectivity index (χ1v) is 12.1. The minimum atomic E-state index is -0.808. The molecule has 8 heteroatoms. The summed E-state index contributed by atoms with van der Waals surface area (Å²) >= 11 is 1.23. The van der Waals surface area contributed by atoms with Crippen LogP contribution in [0, 0.1) is 6.92 Å². The Hall–Kier alpha value is -3.52. The Balaban J connectivity index is 1.67. The molecule has 5 rings (SSSR count). The smallest absolute Gasteiger partial charge is 0.301 e. The molecular formula is C26H25N3O4S. The predicted octanol–water partition coefficient (Wildman–Crippen LogP) is 4.92. The quantitative estimate of drug-likeness (QED) is 0.327. The van der Waals surface area contributed by atoms with Gasteiger partial charge in [-0.1, -0.05) is 49.4 Å². The topological polar surface area (TPSA) is 92.6 Å². The fourth-order valence-electron chi connectivity index (χ4n) is 4.52. The molecule has 2 aliphatic heterocycles. The molecule has 1 fully saturated rings. The Labute approximate surface area is 201 Å². The third kappa shape index (κ3) is 3.68. The van der Waals surface area contributed by atoms with Crippen molar-refractivity contribution in [2.75, 3.05) is 4.90 Å². The summed E-state index contributed by atoms with van der Waals surface area (Å²) in [6.07, 6.45) is 0.771. The zero-order chi connectivity index (χ0) is 24.1. The predicted molar refractivity (Wildman–Crippen MR) is 130 cm³/mol. The number of Topliss-reactive ketones (excluding diaryl/α,β-unsaturated/α-hetero) is 1. The van der Waals surface area contributed by atoms with Crippen LogP contribution in [0.1, 0.15) is 60.0 Å². The van der Waals surface area contributed by atoms with E-state index in [9.17, 15) is 14.7 Å². The van der Waals surface area contributed by atoms with E-state index >= 15 is 0 Å². The number of nitrogens with zero attached hydrogens (tertiary/aromatic N) is 3. The molecule has 0 radical (unpaired) electrons. The van der Waals surface area contributed by atoms with Gasteiger partial charge in [0.2, 0.25) is 5.13 Å². The number of amides is 1. The van der Waals surface area contributed by atoms with Crippen molar-refractivity contribution in [3.8, 4) is 5.75 Å². The molecule has 1 saturated heterocycles. The number of fused-ring (bicyclic) bond motifs is 1. The van der Waals surface area contributed by atoms with Gasteiger partial charge in [-0.2, -0.15) is 0 Å². The number of aliphatic hydroxyl groups is 1. The van der Waals surface area contributed by atoms with Crippen LogP contribution in [-0.2, 0) is 16.0 Å². The fraction of sp³-hybridized carbons (Fsp3) is 0.308. The number of hydrogen-bond donors (Lipinski definition) is 1. The van der Waals surface area contributed by atoms with Crippen LogP contribution in [0.4, 0.5) is 5.13 Å². The highest BCUT2D eigenvalue weighted by atomic mass is 32.1. The molecule has 1 amide bonds. The molecular weight excluding hydrogens is 450 g/mol. The molecule has 3 heterocycles. The van der Waals surface area contributed by atoms with Crippen LogP contribution < -0.4 is 9.64 Å². The molecule has 1 N–H and O–H groups in total. The standard InChI is InChI=1S/C26H25N3O4S/c1-13(2)16-5-7-17(8-6-16)22-21(24(31)25(32)29(22)26-28-27-15(4)34-26)23(30)18-9-10-20-19(12-18)11-14(3)33-20/h5-10,12-14,22,30H,11H2,1-4H3/t14-,22-/m1/s1. The summed E-state index contributed by atoms with van der Waals surface area (Å²) < 4.78 is 5.76. The molecule has 0 aliphatic carbocycles. The monoisotopic (exact) mass is 475 g/mol. The van der Waals surface area contributed by atoms with E-state index in [4.69, 9.17) is 4.74 Å². The molecule has 0 unspecified atom stereocenters. The van der Waals surface area contributed by atoms with Gasteiger partial charge < -0.3 is 9.84 Å². The van der Waals surface area contributed by atoms with Crippen LogP contribution in [0.15, 0.2) is 48.0 Å². The van der Waals surface area contributed by atoms with Crippen LogP contribution in [0.3, 0.4) is 0 Å². The maximum atomic E-state index is 13.3. The summed E-state index contributed by atoms with van der Waals surface area (Å²) in [4.78, 5) is 27.8. The van der Waals surface area contributed by atoms with Crippen LogP contribution in [0.25, 0.3) is 5.76 Å². The number of anilines is 1. The molecule has 1 aromatic heterocycles. The van der Waals surface area contributed by atoms with Crippen molar-refractivity contribution < 1.29 is 19.4 Å². The second-order valence-corrected chi connectivity index (χ2v) is 10.2. The van der Waals surface area contributed by atoms with Gasteiger partial charge in [0.25, 0.3) is 5.78 Å². The lowest BCUT2D eigenvalue weighted by Gasteiger charge is -2.23. The van der Waals surface area contributed by atoms with Crippen LogP contribution >= 0.6 is 11.3 Å². The molecule has 174 valence electrons. The number of hydrogen-bond acceptors (Lipinski definition) is 7. The van der Waals surface area contributed by atoms with Crippen molar-refractivity contribution in [3.63, 3.8) is 0 Å². The van der Waals surface area contributed by atoms with E-state index in [-0.39, 0.29) is 17.4 Å². The number of carbonyl (C=O) groups is 2. The van der Waals surface area contributed by atoms with Crippen molar-refractivity contribution in [3.05, 3.63) is 75.3 Å². The SMILES string of the molecule is Cc1nnc(N2C(=O)C(=O)C(=C(O)c3ccc4c(c3)C[C@@H](C)O4)[C@H]2c2ccc(C(C)C)cc2)s1. The van der Waals surface area contributed by atoms with Gasteiger partial charge in [-0.25, -0.2) is 0 Å². The molecule has 2 aliphatic rings. The van der Waals surface area contributed by atoms with Gasteiger partial charge in [-0.05, 0) is 54.7 Å². The minimum Gasteiger partial charge on any atom is -0.507 e. The molecule has 2 aromatic carbocycles. The number of ether oxygens (including phenoxy) is 1. The highest BCUT2D eigenvalue weighted by molar-refractivity contribution is 7.15. The molecule has 0 saturated carbocycles. The summed E-state index contributed by atoms with van der Waals surface area (Å²) in [7, 11) is 0. The first-order chi connectivity index (χ1) is 16.2. The van der Waals surface area contributed by atoms with Gasteiger partial charge in [0.15, 0.2) is 0 Å². The zero-order valence-electron chi connectivity index (χ0n) is 19.4. The average Bonchev–Trinajstić information content (AvgIpc) is 3.48. The normalized spacial score (nSPS) is 21.3. The molecule has 0 bridgehead atoms. The molecule has 2 atom stereocenters. The lowest BCUT2D eigenvalue weighted by atomic mass is 9.93. The number of rotatable bonds is 4. The van der Waals surface area contributed by atoms with E-state index in [0.717, 1.165) is 28.9 Å². The van der Waals surface area contributed by atoms with Crippen LogP contribution in [0.2, 0.25) is 0 Å². The summed E-state index contributed by atoms with van der Waals surface area (Å²) in [5, 5.41) is 20.5. The maximum Gasteiger partial charge on any atom is 0.301 e. The second kappa shape index (κ2) is 8.36. The Kier molecular flexibility index (Phi) is 5.48. The first kappa shape index (κ1) is 22.3. The van der Waals surface area contributed by atoms with E-state index in [0.29, 0.717) is 21.6 Å². The highest BCUT2D eigenvalue weighted by Crippen LogP contribution is 2.43. The Bertz CT molecular complexity index is 1330. The van der Waals surface area contributed by atoms with Crippen LogP contribution in [-0.4, -0.2) is 33.1 Å². The van der Waals surface area contributed by atoms with E-state index < -0.39 is 17.7 Å². The number of ketones is 1. The van der Waals surface area contributed by atoms with Crippen molar-refractivity contribution >= 4 is 33.9 Å². The van der Waals surface area contributed by atoms with E-state index in [2.05, 4.69) is 24.0 Å². The van der Waals surface area contributed by atoms with Crippen molar-refractivity contribution in [2.45, 2.75) is 52.2 Å². The average molecular weight is 476 g/mol. The summed E-state index contributed by atoms with van der Waals surface area (Å²) in [5.74, 6) is -0.568. The Morgan fingerprint density at radius 1 is 1.15 bits per heavy atom. The number of aromatic nitrogens is 2. The summed E-state index contributed by atoms with van der Waals surface area (Å²) in [5.41, 5.74) is 3.34. The molecule has 3 aromatic rings. The van der Waals surface area contributed by atoms with Gasteiger partial charge in [-0.3, -0.25) is 14.5 Å². The summed E-state index contributed by atoms with van der Waals surface area (Å²) in [6, 6.07) is 12.3. The highest BCUT2D eigenvalue weighted by Gasteiger charge is 2.48. The lowest BCUT2D eigenvalue weighted by Crippen LogP contribution is -2.29. The lowest BCUT2D eigenvalue weighted by molar-refractivity contribution is -0.132. The second-order valence-electron chi connectivity index (χ2n) is 9.05. The number of aliphatic hydroxyl groups excluding tert-OH is 1. The van der Waals surface area contributed by atoms with Gasteiger partial charge in [0.05, 0.1) is 11.6 Å². The molecule has 34 heavy (non-hydrogen) atoms. The third-order valence-electron chi connectivity index (χ3n) is 6.25. The largest absolute Gasteiger partial charge is 0.507 e. The Morgan fingerprint density at radius 3 is 2.53 bits per heavy atom. The van der Waals surface area contributed by atoms with Gasteiger partial charge in [-0.15, -0.1) is 10.2 Å². The number of carbonyl (C=O) groups excluding carboxylic acids is 2. The molecule has 0 spiro atoms. The van der Waals surface area contributed by atoms with Gasteiger partial charge >= 0.3 is 5.91 Å². The van der Waals surface area contributed by atoms with Crippen molar-refractivity contribution in [1.82, 2.24) is 10.2 Å². The van der Waals surface area contributed by atoms with Gasteiger partial charge in [0.1, 0.15) is 22.6 Å². The fourth-order valence-corrected chi connectivity index (χ4v) is 5.23. The van der Waals surface area contributed by atoms with Crippen molar-refractivity contribution in [2.24, 2.45) is 0 Å². The van der Waals surface area contributed by atoms with Crippen LogP contribution in [0.5, 0.6) is 5.75 Å². The maximum absolute atomic E-state index is 13.3. The summed E-state index contributed by atoms with van der Waals surface area (Å²) in [6.45, 7) is 7.97. The van der Waals surface area contributed by atoms with Gasteiger partial charge in [0, 0.05) is 12.0 Å². The number of benzene rings is 2. The first-order valence-electron chi connectivity index (χ1n) is 11.3. The molecule has 7 nitrogen and oxygen atoms in total. The Morgan fingerprint density at radius 2 is 1.88 bits per heavy atom. The van der Waals surface area contributed by atoms with E-state index in [1.54, 1.807) is 19.1 Å². The third-order valence-corrected chi connectivity index (χ3v) is 7.09. The van der Waals surface area contributed by atoms with E-state index in [1.807, 2.05) is 37.3 Å². The minimum absolute atomic E-state index is 0.0436. The van der Waals surface area contributed by atoms with Crippen molar-refractivity contribution in [1.29, 1.82) is 0 Å².